The van der Waals surface area contributed by atoms with Gasteiger partial charge in [-0.2, -0.15) is 0 Å². The highest BCUT2D eigenvalue weighted by molar-refractivity contribution is 6.01. The lowest BCUT2D eigenvalue weighted by molar-refractivity contribution is 0.0525. The number of imidazole rings is 1. The summed E-state index contributed by atoms with van der Waals surface area (Å²) < 4.78 is 7.09. The highest BCUT2D eigenvalue weighted by Crippen LogP contribution is 2.24. The molecule has 0 spiro atoms. The molecule has 4 aromatic rings. The molecular weight excluding hydrogens is 292 g/mol. The summed E-state index contributed by atoms with van der Waals surface area (Å²) in [6, 6.07) is 5.64. The lowest BCUT2D eigenvalue weighted by Gasteiger charge is -2.07. The van der Waals surface area contributed by atoms with Crippen LogP contribution in [-0.4, -0.2) is 31.9 Å². The van der Waals surface area contributed by atoms with Gasteiger partial charge in [0.1, 0.15) is 11.2 Å². The minimum absolute atomic E-state index is 0.333. The average Bonchev–Trinajstić information content (AvgIpc) is 2.93. The first kappa shape index (κ1) is 13.6. The van der Waals surface area contributed by atoms with Crippen LogP contribution < -0.4 is 0 Å². The van der Waals surface area contributed by atoms with Crippen LogP contribution in [0.2, 0.25) is 0 Å². The second-order valence-corrected chi connectivity index (χ2v) is 5.26. The van der Waals surface area contributed by atoms with Gasteiger partial charge in [-0.1, -0.05) is 0 Å². The van der Waals surface area contributed by atoms with Gasteiger partial charge in [0.25, 0.3) is 0 Å². The van der Waals surface area contributed by atoms with Crippen LogP contribution in [0.4, 0.5) is 0 Å². The lowest BCUT2D eigenvalue weighted by atomic mass is 10.1. The van der Waals surface area contributed by atoms with Gasteiger partial charge in [-0.05, 0) is 32.0 Å². The first-order chi connectivity index (χ1) is 11.2. The Labute approximate surface area is 131 Å². The third kappa shape index (κ3) is 2.03. The van der Waals surface area contributed by atoms with Crippen LogP contribution >= 0.6 is 0 Å². The third-order valence-electron chi connectivity index (χ3n) is 3.85. The number of pyridine rings is 3. The highest BCUT2D eigenvalue weighted by atomic mass is 16.5. The summed E-state index contributed by atoms with van der Waals surface area (Å²) in [5.74, 6) is -0.362. The van der Waals surface area contributed by atoms with Crippen LogP contribution in [0.1, 0.15) is 23.0 Å². The molecule has 0 radical (unpaired) electrons. The Hall–Kier alpha value is -3.02. The van der Waals surface area contributed by atoms with E-state index in [1.165, 1.54) is 0 Å². The molecule has 0 amide bonds. The van der Waals surface area contributed by atoms with E-state index in [-0.39, 0.29) is 5.97 Å². The van der Waals surface area contributed by atoms with Gasteiger partial charge in [0.15, 0.2) is 0 Å². The predicted molar refractivity (Wildman–Crippen MR) is 86.5 cm³/mol. The van der Waals surface area contributed by atoms with Crippen molar-refractivity contribution in [2.24, 2.45) is 0 Å². The zero-order chi connectivity index (χ0) is 16.0. The molecule has 0 N–H and O–H groups in total. The molecule has 114 valence electrons. The van der Waals surface area contributed by atoms with E-state index in [0.717, 1.165) is 27.6 Å². The summed E-state index contributed by atoms with van der Waals surface area (Å²) in [5.41, 5.74) is 4.44. The van der Waals surface area contributed by atoms with Crippen molar-refractivity contribution in [3.63, 3.8) is 0 Å². The van der Waals surface area contributed by atoms with Crippen molar-refractivity contribution in [3.05, 3.63) is 48.0 Å². The quantitative estimate of drug-likeness (QED) is 0.533. The molecule has 4 heterocycles. The van der Waals surface area contributed by atoms with Crippen molar-refractivity contribution in [1.29, 1.82) is 0 Å². The second kappa shape index (κ2) is 5.01. The van der Waals surface area contributed by atoms with Gasteiger partial charge in [-0.25, -0.2) is 9.78 Å². The van der Waals surface area contributed by atoms with Crippen LogP contribution in [0.5, 0.6) is 0 Å². The van der Waals surface area contributed by atoms with Crippen LogP contribution in [0.15, 0.2) is 36.8 Å². The van der Waals surface area contributed by atoms with Gasteiger partial charge in [-0.3, -0.25) is 14.4 Å². The molecular formula is C17H14N4O2. The minimum Gasteiger partial charge on any atom is -0.462 e. The summed E-state index contributed by atoms with van der Waals surface area (Å²) >= 11 is 0. The Morgan fingerprint density at radius 3 is 2.96 bits per heavy atom. The van der Waals surface area contributed by atoms with Gasteiger partial charge in [0.05, 0.1) is 35.1 Å². The zero-order valence-corrected chi connectivity index (χ0v) is 12.8. The van der Waals surface area contributed by atoms with Gasteiger partial charge in [0.2, 0.25) is 0 Å². The number of hydrogen-bond donors (Lipinski definition) is 0. The number of nitrogens with zero attached hydrogens (tertiary/aromatic N) is 4. The van der Waals surface area contributed by atoms with Crippen molar-refractivity contribution in [3.8, 4) is 0 Å². The van der Waals surface area contributed by atoms with E-state index >= 15 is 0 Å². The van der Waals surface area contributed by atoms with E-state index in [2.05, 4.69) is 15.0 Å². The molecule has 0 fully saturated rings. The first-order valence-electron chi connectivity index (χ1n) is 7.38. The van der Waals surface area contributed by atoms with Crippen LogP contribution in [0, 0.1) is 6.92 Å². The maximum atomic E-state index is 12.1. The average molecular weight is 306 g/mol. The standard InChI is InChI=1S/C17H14N4O2/c1-3-23-17(22)11-8-12-13(19-10(11)2)5-7-21-15-4-6-18-9-14(15)20-16(12)21/h4-9H,3H2,1-2H3. The fourth-order valence-electron chi connectivity index (χ4n) is 2.78. The van der Waals surface area contributed by atoms with Crippen LogP contribution in [0.3, 0.4) is 0 Å². The Morgan fingerprint density at radius 2 is 2.13 bits per heavy atom. The molecule has 23 heavy (non-hydrogen) atoms. The summed E-state index contributed by atoms with van der Waals surface area (Å²) in [4.78, 5) is 25.4. The molecule has 0 saturated carbocycles. The van der Waals surface area contributed by atoms with Crippen LogP contribution in [-0.2, 0) is 4.74 Å². The maximum absolute atomic E-state index is 12.1. The van der Waals surface area contributed by atoms with Crippen molar-refractivity contribution >= 4 is 33.6 Å². The lowest BCUT2D eigenvalue weighted by Crippen LogP contribution is -2.08. The number of hydrogen-bond acceptors (Lipinski definition) is 5. The smallest absolute Gasteiger partial charge is 0.339 e. The van der Waals surface area contributed by atoms with E-state index in [9.17, 15) is 4.79 Å². The number of carbonyl (C=O) groups is 1. The topological polar surface area (TPSA) is 69.4 Å². The SMILES string of the molecule is CCOC(=O)c1cc2c(ccn3c4ccncc4nc23)nc1C. The Bertz CT molecular complexity index is 1070. The highest BCUT2D eigenvalue weighted by Gasteiger charge is 2.15. The Morgan fingerprint density at radius 1 is 1.26 bits per heavy atom. The normalized spacial score (nSPS) is 11.4. The van der Waals surface area contributed by atoms with E-state index in [1.807, 2.05) is 35.7 Å². The molecule has 0 aromatic carbocycles. The molecule has 0 atom stereocenters. The van der Waals surface area contributed by atoms with Gasteiger partial charge < -0.3 is 4.74 Å². The third-order valence-corrected chi connectivity index (χ3v) is 3.85. The number of aromatic nitrogens is 4. The predicted octanol–water partition coefficient (Wildman–Crippen LogP) is 2.92. The molecule has 0 aliphatic carbocycles. The van der Waals surface area contributed by atoms with E-state index in [4.69, 9.17) is 4.74 Å². The number of ether oxygens (including phenoxy) is 1. The monoisotopic (exact) mass is 306 g/mol. The minimum atomic E-state index is -0.362. The summed E-state index contributed by atoms with van der Waals surface area (Å²) in [5, 5.41) is 0.817. The van der Waals surface area contributed by atoms with Gasteiger partial charge in [0, 0.05) is 17.8 Å². The zero-order valence-electron chi connectivity index (χ0n) is 12.8. The summed E-state index contributed by atoms with van der Waals surface area (Å²) in [6.07, 6.45) is 5.39. The molecule has 0 bridgehead atoms. The number of fused-ring (bicyclic) bond motifs is 5. The van der Waals surface area contributed by atoms with E-state index < -0.39 is 0 Å². The van der Waals surface area contributed by atoms with Crippen LogP contribution in [0.25, 0.3) is 27.6 Å². The number of aryl methyl sites for hydroxylation is 1. The maximum Gasteiger partial charge on any atom is 0.339 e. The number of rotatable bonds is 2. The fourth-order valence-corrected chi connectivity index (χ4v) is 2.78. The van der Waals surface area contributed by atoms with E-state index in [1.54, 1.807) is 19.3 Å². The van der Waals surface area contributed by atoms with Gasteiger partial charge in [-0.15, -0.1) is 0 Å². The Balaban J connectivity index is 2.07. The largest absolute Gasteiger partial charge is 0.462 e. The molecule has 6 nitrogen and oxygen atoms in total. The van der Waals surface area contributed by atoms with Crippen molar-refractivity contribution in [1.82, 2.24) is 19.4 Å². The molecule has 0 saturated heterocycles. The number of carbonyl (C=O) groups excluding carboxylic acids is 1. The Kier molecular flexibility index (Phi) is 2.97. The second-order valence-electron chi connectivity index (χ2n) is 5.26. The molecule has 4 aromatic heterocycles. The molecule has 0 aliphatic heterocycles. The van der Waals surface area contributed by atoms with E-state index in [0.29, 0.717) is 17.9 Å². The first-order valence-corrected chi connectivity index (χ1v) is 7.38. The molecule has 0 unspecified atom stereocenters. The summed E-state index contributed by atoms with van der Waals surface area (Å²) in [6.45, 7) is 3.93. The van der Waals surface area contributed by atoms with Crippen molar-refractivity contribution in [2.45, 2.75) is 13.8 Å². The molecule has 4 rings (SSSR count). The van der Waals surface area contributed by atoms with Gasteiger partial charge >= 0.3 is 5.97 Å². The summed E-state index contributed by atoms with van der Waals surface area (Å²) in [7, 11) is 0. The molecule has 6 heteroatoms. The fraction of sp³-hybridized carbons (Fsp3) is 0.176. The molecule has 0 aliphatic rings. The van der Waals surface area contributed by atoms with Crippen molar-refractivity contribution < 1.29 is 9.53 Å². The number of esters is 1. The van der Waals surface area contributed by atoms with Crippen molar-refractivity contribution in [2.75, 3.05) is 6.61 Å².